The van der Waals surface area contributed by atoms with Crippen molar-refractivity contribution in [2.75, 3.05) is 26.2 Å². The smallest absolute Gasteiger partial charge is 0.320 e. The number of piperidine rings is 1. The number of carboxylic acids is 1. The van der Waals surface area contributed by atoms with Crippen LogP contribution < -0.4 is 5.32 Å². The maximum absolute atomic E-state index is 12.8. The number of nitrogens with zero attached hydrogens (tertiary/aromatic N) is 2. The molecule has 0 aromatic rings. The summed E-state index contributed by atoms with van der Waals surface area (Å²) in [6.45, 7) is 8.83. The number of urea groups is 1. The van der Waals surface area contributed by atoms with E-state index in [0.717, 1.165) is 38.9 Å². The molecular weight excluding hydrogens is 270 g/mol. The molecule has 6 heteroatoms. The summed E-state index contributed by atoms with van der Waals surface area (Å²) in [5, 5.41) is 12.2. The van der Waals surface area contributed by atoms with Crippen LogP contribution in [0.3, 0.4) is 0 Å². The molecule has 21 heavy (non-hydrogen) atoms. The second-order valence-electron chi connectivity index (χ2n) is 5.89. The number of amides is 2. The number of carbonyl (C=O) groups excluding carboxylic acids is 1. The Morgan fingerprint density at radius 3 is 2.33 bits per heavy atom. The zero-order valence-corrected chi connectivity index (χ0v) is 13.5. The van der Waals surface area contributed by atoms with Gasteiger partial charge in [0.1, 0.15) is 0 Å². The summed E-state index contributed by atoms with van der Waals surface area (Å²) in [5.74, 6) is -0.864. The average molecular weight is 299 g/mol. The molecule has 0 atom stereocenters. The van der Waals surface area contributed by atoms with Gasteiger partial charge >= 0.3 is 12.0 Å². The predicted molar refractivity (Wildman–Crippen MR) is 82.4 cm³/mol. The molecule has 0 bridgehead atoms. The maximum Gasteiger partial charge on any atom is 0.320 e. The van der Waals surface area contributed by atoms with Gasteiger partial charge in [0.15, 0.2) is 0 Å². The molecule has 2 N–H and O–H groups in total. The van der Waals surface area contributed by atoms with Gasteiger partial charge in [-0.15, -0.1) is 0 Å². The number of hydrogen-bond donors (Lipinski definition) is 2. The Hall–Kier alpha value is -1.30. The summed E-state index contributed by atoms with van der Waals surface area (Å²) in [7, 11) is 0. The Bertz CT molecular complexity index is 341. The van der Waals surface area contributed by atoms with Crippen molar-refractivity contribution >= 4 is 12.0 Å². The fraction of sp³-hybridized carbons (Fsp3) is 0.867. The topological polar surface area (TPSA) is 72.9 Å². The van der Waals surface area contributed by atoms with Gasteiger partial charge in [-0.1, -0.05) is 6.92 Å². The SMILES string of the molecule is CCCN(C(=O)N(CCC(=O)O)C(C)C)C1CCNCC1. The molecule has 0 spiro atoms. The second-order valence-corrected chi connectivity index (χ2v) is 5.89. The van der Waals surface area contributed by atoms with Crippen molar-refractivity contribution < 1.29 is 14.7 Å². The lowest BCUT2D eigenvalue weighted by Crippen LogP contribution is -2.53. The van der Waals surface area contributed by atoms with E-state index >= 15 is 0 Å². The zero-order valence-electron chi connectivity index (χ0n) is 13.5. The van der Waals surface area contributed by atoms with E-state index in [0.29, 0.717) is 0 Å². The van der Waals surface area contributed by atoms with Crippen molar-refractivity contribution in [3.05, 3.63) is 0 Å². The summed E-state index contributed by atoms with van der Waals surface area (Å²) in [6, 6.07) is 0.266. The van der Waals surface area contributed by atoms with Crippen LogP contribution in [0.15, 0.2) is 0 Å². The summed E-state index contributed by atoms with van der Waals surface area (Å²) < 4.78 is 0. The van der Waals surface area contributed by atoms with Crippen molar-refractivity contribution in [2.24, 2.45) is 0 Å². The lowest BCUT2D eigenvalue weighted by Gasteiger charge is -2.39. The molecule has 0 aromatic carbocycles. The van der Waals surface area contributed by atoms with Crippen LogP contribution >= 0.6 is 0 Å². The minimum atomic E-state index is -0.864. The Balaban J connectivity index is 2.76. The van der Waals surface area contributed by atoms with Crippen LogP contribution in [0.4, 0.5) is 4.79 Å². The fourth-order valence-electron chi connectivity index (χ4n) is 2.75. The molecule has 2 amide bonds. The largest absolute Gasteiger partial charge is 0.481 e. The van der Waals surface area contributed by atoms with Gasteiger partial charge in [0.25, 0.3) is 0 Å². The third-order valence-corrected chi connectivity index (χ3v) is 3.90. The van der Waals surface area contributed by atoms with Gasteiger partial charge in [-0.05, 0) is 46.2 Å². The molecule has 0 radical (unpaired) electrons. The van der Waals surface area contributed by atoms with Crippen molar-refractivity contribution in [1.82, 2.24) is 15.1 Å². The van der Waals surface area contributed by atoms with Crippen LogP contribution in [0.5, 0.6) is 0 Å². The van der Waals surface area contributed by atoms with E-state index in [1.807, 2.05) is 18.7 Å². The Kier molecular flexibility index (Phi) is 7.50. The first-order chi connectivity index (χ1) is 9.97. The Morgan fingerprint density at radius 2 is 1.86 bits per heavy atom. The standard InChI is InChI=1S/C15H29N3O3/c1-4-10-18(13-5-8-16-9-6-13)15(21)17(12(2)3)11-7-14(19)20/h12-13,16H,4-11H2,1-3H3,(H,19,20). The molecule has 0 aliphatic carbocycles. The van der Waals surface area contributed by atoms with E-state index in [-0.39, 0.29) is 31.1 Å². The molecule has 1 heterocycles. The first-order valence-corrected chi connectivity index (χ1v) is 7.97. The predicted octanol–water partition coefficient (Wildman–Crippen LogP) is 1.76. The summed E-state index contributed by atoms with van der Waals surface area (Å²) in [6.07, 6.45) is 2.85. The van der Waals surface area contributed by atoms with Crippen LogP contribution in [-0.4, -0.2) is 65.2 Å². The van der Waals surface area contributed by atoms with Gasteiger partial charge in [-0.2, -0.15) is 0 Å². The first-order valence-electron chi connectivity index (χ1n) is 7.97. The molecule has 6 nitrogen and oxygen atoms in total. The third kappa shape index (κ3) is 5.53. The molecule has 0 saturated carbocycles. The minimum Gasteiger partial charge on any atom is -0.481 e. The molecular formula is C15H29N3O3. The van der Waals surface area contributed by atoms with Crippen molar-refractivity contribution in [3.8, 4) is 0 Å². The van der Waals surface area contributed by atoms with E-state index in [1.165, 1.54) is 0 Å². The third-order valence-electron chi connectivity index (χ3n) is 3.90. The second kappa shape index (κ2) is 8.87. The summed E-state index contributed by atoms with van der Waals surface area (Å²) in [4.78, 5) is 27.2. The monoisotopic (exact) mass is 299 g/mol. The lowest BCUT2D eigenvalue weighted by molar-refractivity contribution is -0.137. The summed E-state index contributed by atoms with van der Waals surface area (Å²) >= 11 is 0. The number of carbonyl (C=O) groups is 2. The van der Waals surface area contributed by atoms with Gasteiger partial charge in [0.2, 0.25) is 0 Å². The molecule has 1 rings (SSSR count). The fourth-order valence-corrected chi connectivity index (χ4v) is 2.75. The highest BCUT2D eigenvalue weighted by Crippen LogP contribution is 2.16. The molecule has 1 aliphatic rings. The highest BCUT2D eigenvalue weighted by Gasteiger charge is 2.29. The quantitative estimate of drug-likeness (QED) is 0.751. The van der Waals surface area contributed by atoms with E-state index in [9.17, 15) is 9.59 Å². The number of carboxylic acid groups (broad SMARTS) is 1. The normalized spacial score (nSPS) is 16.0. The van der Waals surface area contributed by atoms with E-state index in [1.54, 1.807) is 4.90 Å². The first kappa shape index (κ1) is 17.8. The van der Waals surface area contributed by atoms with Crippen LogP contribution in [0, 0.1) is 0 Å². The number of aliphatic carboxylic acids is 1. The minimum absolute atomic E-state index is 0.00386. The Labute approximate surface area is 127 Å². The molecule has 0 aromatic heterocycles. The van der Waals surface area contributed by atoms with Gasteiger partial charge in [-0.25, -0.2) is 4.79 Å². The van der Waals surface area contributed by atoms with Gasteiger partial charge in [-0.3, -0.25) is 4.79 Å². The van der Waals surface area contributed by atoms with E-state index < -0.39 is 5.97 Å². The van der Waals surface area contributed by atoms with E-state index in [2.05, 4.69) is 12.2 Å². The van der Waals surface area contributed by atoms with Gasteiger partial charge in [0, 0.05) is 25.2 Å². The molecule has 1 saturated heterocycles. The van der Waals surface area contributed by atoms with Crippen molar-refractivity contribution in [2.45, 2.75) is 58.5 Å². The molecule has 1 aliphatic heterocycles. The number of hydrogen-bond acceptors (Lipinski definition) is 3. The van der Waals surface area contributed by atoms with Crippen LogP contribution in [0.25, 0.3) is 0 Å². The van der Waals surface area contributed by atoms with E-state index in [4.69, 9.17) is 5.11 Å². The highest BCUT2D eigenvalue weighted by molar-refractivity contribution is 5.76. The van der Waals surface area contributed by atoms with Crippen LogP contribution in [-0.2, 0) is 4.79 Å². The molecule has 0 unspecified atom stereocenters. The maximum atomic E-state index is 12.8. The molecule has 122 valence electrons. The van der Waals surface area contributed by atoms with Crippen molar-refractivity contribution in [1.29, 1.82) is 0 Å². The molecule has 1 fully saturated rings. The van der Waals surface area contributed by atoms with Crippen molar-refractivity contribution in [3.63, 3.8) is 0 Å². The van der Waals surface area contributed by atoms with Gasteiger partial charge < -0.3 is 20.2 Å². The highest BCUT2D eigenvalue weighted by atomic mass is 16.4. The van der Waals surface area contributed by atoms with Crippen LogP contribution in [0.2, 0.25) is 0 Å². The summed E-state index contributed by atoms with van der Waals surface area (Å²) in [5.41, 5.74) is 0. The number of nitrogens with one attached hydrogen (secondary N) is 1. The number of rotatable bonds is 7. The zero-order chi connectivity index (χ0) is 15.8. The Morgan fingerprint density at radius 1 is 1.24 bits per heavy atom. The van der Waals surface area contributed by atoms with Crippen LogP contribution in [0.1, 0.15) is 46.5 Å². The van der Waals surface area contributed by atoms with Gasteiger partial charge in [0.05, 0.1) is 6.42 Å². The lowest BCUT2D eigenvalue weighted by atomic mass is 10.0. The average Bonchev–Trinajstić information content (AvgIpc) is 2.45.